The normalized spacial score (nSPS) is 34.8. The second kappa shape index (κ2) is 2.38. The Labute approximate surface area is 67.7 Å². The quantitative estimate of drug-likeness (QED) is 0.498. The number of hydrogen-bond donors (Lipinski definition) is 0. The fraction of sp³-hybridized carbons (Fsp3) is 1.00. The van der Waals surface area contributed by atoms with Crippen LogP contribution in [-0.4, -0.2) is 11.7 Å². The fourth-order valence-corrected chi connectivity index (χ4v) is 1.41. The fourth-order valence-electron chi connectivity index (χ4n) is 1.20. The van der Waals surface area contributed by atoms with Gasteiger partial charge in [-0.1, -0.05) is 32.4 Å². The topological polar surface area (TPSA) is 9.23 Å². The molecular formula is C8H15ClO. The number of ether oxygens (including phenoxy) is 1. The first kappa shape index (κ1) is 8.35. The Balaban J connectivity index is 2.67. The number of halogens is 1. The van der Waals surface area contributed by atoms with Gasteiger partial charge in [0.2, 0.25) is 0 Å². The van der Waals surface area contributed by atoms with Crippen LogP contribution in [0.1, 0.15) is 33.6 Å². The first-order valence-corrected chi connectivity index (χ1v) is 4.16. The van der Waals surface area contributed by atoms with Gasteiger partial charge in [0, 0.05) is 12.0 Å². The van der Waals surface area contributed by atoms with E-state index in [4.69, 9.17) is 16.3 Å². The van der Waals surface area contributed by atoms with Crippen LogP contribution in [0.4, 0.5) is 0 Å². The van der Waals surface area contributed by atoms with E-state index in [0.29, 0.717) is 0 Å². The maximum Gasteiger partial charge on any atom is 0.146 e. The zero-order chi connectivity index (χ0) is 7.83. The monoisotopic (exact) mass is 162 g/mol. The Morgan fingerprint density at radius 2 is 2.00 bits per heavy atom. The minimum Gasteiger partial charge on any atom is -0.359 e. The summed E-state index contributed by atoms with van der Waals surface area (Å²) < 4.78 is 5.47. The molecule has 0 spiro atoms. The van der Waals surface area contributed by atoms with Crippen LogP contribution in [0.15, 0.2) is 0 Å². The van der Waals surface area contributed by atoms with E-state index < -0.39 is 5.06 Å². The number of hydrogen-bond acceptors (Lipinski definition) is 1. The van der Waals surface area contributed by atoms with E-state index in [2.05, 4.69) is 20.8 Å². The van der Waals surface area contributed by atoms with Gasteiger partial charge in [-0.2, -0.15) is 0 Å². The van der Waals surface area contributed by atoms with Gasteiger partial charge in [0.1, 0.15) is 5.06 Å². The lowest BCUT2D eigenvalue weighted by Gasteiger charge is -2.34. The molecule has 1 nitrogen and oxygen atoms in total. The molecule has 0 aromatic heterocycles. The minimum absolute atomic E-state index is 0.0606. The van der Waals surface area contributed by atoms with Crippen molar-refractivity contribution in [1.29, 1.82) is 0 Å². The van der Waals surface area contributed by atoms with Gasteiger partial charge in [-0.25, -0.2) is 0 Å². The third-order valence-corrected chi connectivity index (χ3v) is 2.96. The average Bonchev–Trinajstić information content (AvgIpc) is 2.13. The Morgan fingerprint density at radius 1 is 1.40 bits per heavy atom. The second-order valence-corrected chi connectivity index (χ2v) is 4.54. The van der Waals surface area contributed by atoms with Crippen LogP contribution in [0.3, 0.4) is 0 Å². The molecule has 60 valence electrons. The molecule has 0 aromatic carbocycles. The summed E-state index contributed by atoms with van der Waals surface area (Å²) in [5, 5.41) is -0.396. The van der Waals surface area contributed by atoms with Gasteiger partial charge in [0.05, 0.1) is 0 Å². The number of rotatable bonds is 0. The van der Waals surface area contributed by atoms with Crippen molar-refractivity contribution in [1.82, 2.24) is 0 Å². The first-order valence-electron chi connectivity index (χ1n) is 3.79. The van der Waals surface area contributed by atoms with Crippen LogP contribution in [-0.2, 0) is 4.74 Å². The molecule has 10 heavy (non-hydrogen) atoms. The predicted octanol–water partition coefficient (Wildman–Crippen LogP) is 2.78. The predicted molar refractivity (Wildman–Crippen MR) is 43.2 cm³/mol. The third kappa shape index (κ3) is 1.30. The molecule has 0 aliphatic carbocycles. The highest BCUT2D eigenvalue weighted by Gasteiger charge is 2.43. The molecule has 1 atom stereocenters. The van der Waals surface area contributed by atoms with Crippen molar-refractivity contribution in [3.8, 4) is 0 Å². The Hall–Kier alpha value is 0.250. The molecule has 0 bridgehead atoms. The zero-order valence-corrected chi connectivity index (χ0v) is 7.66. The highest BCUT2D eigenvalue weighted by atomic mass is 35.5. The Morgan fingerprint density at radius 3 is 2.20 bits per heavy atom. The zero-order valence-electron chi connectivity index (χ0n) is 6.91. The van der Waals surface area contributed by atoms with Crippen molar-refractivity contribution in [3.05, 3.63) is 0 Å². The van der Waals surface area contributed by atoms with Crippen molar-refractivity contribution < 1.29 is 4.74 Å². The van der Waals surface area contributed by atoms with E-state index in [1.807, 2.05) is 0 Å². The molecule has 0 aromatic rings. The van der Waals surface area contributed by atoms with Crippen LogP contribution < -0.4 is 0 Å². The molecular weight excluding hydrogens is 148 g/mol. The van der Waals surface area contributed by atoms with Gasteiger partial charge in [-0.15, -0.1) is 0 Å². The van der Waals surface area contributed by atoms with Crippen molar-refractivity contribution in [2.45, 2.75) is 38.7 Å². The van der Waals surface area contributed by atoms with Crippen LogP contribution in [0, 0.1) is 5.41 Å². The highest BCUT2D eigenvalue weighted by molar-refractivity contribution is 6.23. The van der Waals surface area contributed by atoms with Crippen LogP contribution in [0.25, 0.3) is 0 Å². The molecule has 0 amide bonds. The van der Waals surface area contributed by atoms with Gasteiger partial charge in [0.15, 0.2) is 0 Å². The van der Waals surface area contributed by atoms with Crippen LogP contribution in [0.5, 0.6) is 0 Å². The van der Waals surface area contributed by atoms with Crippen molar-refractivity contribution >= 4 is 11.6 Å². The second-order valence-electron chi connectivity index (χ2n) is 3.93. The number of alkyl halides is 1. The highest BCUT2D eigenvalue weighted by Crippen LogP contribution is 2.44. The summed E-state index contributed by atoms with van der Waals surface area (Å²) in [6.45, 7) is 7.17. The standard InChI is InChI=1S/C8H15ClO/c1-7(2,3)8(9)5-4-6-10-8/h4-6H2,1-3H3. The maximum atomic E-state index is 6.22. The average molecular weight is 163 g/mol. The largest absolute Gasteiger partial charge is 0.359 e. The maximum absolute atomic E-state index is 6.22. The van der Waals surface area contributed by atoms with E-state index in [-0.39, 0.29) is 5.41 Å². The van der Waals surface area contributed by atoms with E-state index >= 15 is 0 Å². The van der Waals surface area contributed by atoms with Gasteiger partial charge >= 0.3 is 0 Å². The molecule has 1 rings (SSSR count). The summed E-state index contributed by atoms with van der Waals surface area (Å²) in [4.78, 5) is 0. The van der Waals surface area contributed by atoms with Gasteiger partial charge in [-0.05, 0) is 12.8 Å². The van der Waals surface area contributed by atoms with Crippen LogP contribution in [0.2, 0.25) is 0 Å². The molecule has 0 saturated carbocycles. The molecule has 1 fully saturated rings. The summed E-state index contributed by atoms with van der Waals surface area (Å²) in [6.07, 6.45) is 2.08. The van der Waals surface area contributed by atoms with Crippen molar-refractivity contribution in [3.63, 3.8) is 0 Å². The molecule has 0 radical (unpaired) electrons. The van der Waals surface area contributed by atoms with E-state index in [9.17, 15) is 0 Å². The van der Waals surface area contributed by atoms with E-state index in [0.717, 1.165) is 19.4 Å². The van der Waals surface area contributed by atoms with Gasteiger partial charge in [0.25, 0.3) is 0 Å². The lowest BCUT2D eigenvalue weighted by Crippen LogP contribution is -2.36. The molecule has 1 saturated heterocycles. The van der Waals surface area contributed by atoms with Gasteiger partial charge in [-0.3, -0.25) is 0 Å². The molecule has 1 unspecified atom stereocenters. The minimum atomic E-state index is -0.396. The molecule has 1 heterocycles. The summed E-state index contributed by atoms with van der Waals surface area (Å²) in [5.74, 6) is 0. The first-order chi connectivity index (χ1) is 4.46. The lowest BCUT2D eigenvalue weighted by molar-refractivity contribution is -0.00855. The summed E-state index contributed by atoms with van der Waals surface area (Å²) in [5.41, 5.74) is 0.0606. The molecule has 0 N–H and O–H groups in total. The summed E-state index contributed by atoms with van der Waals surface area (Å²) >= 11 is 6.22. The smallest absolute Gasteiger partial charge is 0.146 e. The Bertz CT molecular complexity index is 120. The van der Waals surface area contributed by atoms with E-state index in [1.165, 1.54) is 0 Å². The molecule has 1 aliphatic heterocycles. The Kier molecular flexibility index (Phi) is 1.99. The SMILES string of the molecule is CC(C)(C)C1(Cl)CCCO1. The van der Waals surface area contributed by atoms with Crippen molar-refractivity contribution in [2.75, 3.05) is 6.61 Å². The molecule has 1 aliphatic rings. The van der Waals surface area contributed by atoms with Gasteiger partial charge < -0.3 is 4.74 Å². The van der Waals surface area contributed by atoms with Crippen molar-refractivity contribution in [2.24, 2.45) is 5.41 Å². The lowest BCUT2D eigenvalue weighted by atomic mass is 9.87. The molecule has 2 heteroatoms. The summed E-state index contributed by atoms with van der Waals surface area (Å²) in [7, 11) is 0. The summed E-state index contributed by atoms with van der Waals surface area (Å²) in [6, 6.07) is 0. The van der Waals surface area contributed by atoms with Crippen LogP contribution >= 0.6 is 11.6 Å². The third-order valence-electron chi connectivity index (χ3n) is 2.09. The van der Waals surface area contributed by atoms with E-state index in [1.54, 1.807) is 0 Å².